The molecule has 31 heavy (non-hydrogen) atoms. The van der Waals surface area contributed by atoms with Gasteiger partial charge in [0, 0.05) is 11.1 Å². The first-order chi connectivity index (χ1) is 14.7. The number of carbonyl (C=O) groups excluding carboxylic acids is 2. The smallest absolute Gasteiger partial charge is 0.404 e. The second-order valence-corrected chi connectivity index (χ2v) is 6.76. The van der Waals surface area contributed by atoms with Crippen LogP contribution < -0.4 is 9.47 Å². The predicted molar refractivity (Wildman–Crippen MR) is 117 cm³/mol. The predicted octanol–water partition coefficient (Wildman–Crippen LogP) is 6.19. The van der Waals surface area contributed by atoms with E-state index in [9.17, 15) is 9.59 Å². The van der Waals surface area contributed by atoms with Crippen molar-refractivity contribution in [2.45, 2.75) is 40.3 Å². The molecule has 164 valence electrons. The lowest BCUT2D eigenvalue weighted by atomic mass is 10.1. The molecule has 0 radical (unpaired) electrons. The zero-order valence-corrected chi connectivity index (χ0v) is 18.0. The molecule has 0 aromatic heterocycles. The van der Waals surface area contributed by atoms with Gasteiger partial charge < -0.3 is 23.7 Å². The summed E-state index contributed by atoms with van der Waals surface area (Å²) in [6.07, 6.45) is -4.03. The van der Waals surface area contributed by atoms with Gasteiger partial charge in [0.2, 0.25) is 12.6 Å². The minimum atomic E-state index is -1.05. The lowest BCUT2D eigenvalue weighted by Gasteiger charge is -2.19. The molecule has 0 bridgehead atoms. The molecule has 0 saturated carbocycles. The first-order valence-electron chi connectivity index (χ1n) is 9.59. The SMILES string of the molecule is C=C(C)c1ccccc1OC(=O)OC(C)OC(C)OC(=O)Oc1ccccc1C(=C)C. The van der Waals surface area contributed by atoms with Crippen molar-refractivity contribution in [3.8, 4) is 11.5 Å². The molecule has 0 N–H and O–H groups in total. The molecule has 0 aliphatic carbocycles. The van der Waals surface area contributed by atoms with Crippen LogP contribution in [0.15, 0.2) is 61.7 Å². The molecule has 7 heteroatoms. The van der Waals surface area contributed by atoms with Crippen molar-refractivity contribution in [2.24, 2.45) is 0 Å². The number of carbonyl (C=O) groups is 2. The van der Waals surface area contributed by atoms with Gasteiger partial charge in [-0.3, -0.25) is 0 Å². The maximum absolute atomic E-state index is 12.0. The zero-order chi connectivity index (χ0) is 23.0. The molecule has 0 fully saturated rings. The monoisotopic (exact) mass is 426 g/mol. The molecule has 2 atom stereocenters. The fourth-order valence-corrected chi connectivity index (χ4v) is 2.64. The first kappa shape index (κ1) is 23.7. The normalized spacial score (nSPS) is 12.3. The largest absolute Gasteiger partial charge is 0.516 e. The molecule has 2 aromatic rings. The minimum absolute atomic E-state index is 0.316. The van der Waals surface area contributed by atoms with Crippen LogP contribution in [0.2, 0.25) is 0 Å². The van der Waals surface area contributed by atoms with E-state index in [-0.39, 0.29) is 0 Å². The Hall–Kier alpha value is -3.58. The summed E-state index contributed by atoms with van der Waals surface area (Å²) in [5, 5.41) is 0. The summed E-state index contributed by atoms with van der Waals surface area (Å²) in [4.78, 5) is 24.1. The van der Waals surface area contributed by atoms with Crippen LogP contribution in [0.4, 0.5) is 9.59 Å². The van der Waals surface area contributed by atoms with E-state index in [4.69, 9.17) is 23.7 Å². The Bertz CT molecular complexity index is 886. The molecule has 2 rings (SSSR count). The summed E-state index contributed by atoms with van der Waals surface area (Å²) in [5.41, 5.74) is 2.84. The number of benzene rings is 2. The van der Waals surface area contributed by atoms with Crippen molar-refractivity contribution < 1.29 is 33.3 Å². The zero-order valence-electron chi connectivity index (χ0n) is 18.0. The Kier molecular flexibility index (Phi) is 8.40. The van der Waals surface area contributed by atoms with E-state index in [0.29, 0.717) is 22.6 Å². The molecule has 0 amide bonds. The number of rotatable bonds is 8. The quantitative estimate of drug-likeness (QED) is 0.283. The molecule has 0 aliphatic heterocycles. The van der Waals surface area contributed by atoms with Crippen molar-refractivity contribution in [3.05, 3.63) is 72.8 Å². The van der Waals surface area contributed by atoms with Gasteiger partial charge in [-0.25, -0.2) is 9.59 Å². The van der Waals surface area contributed by atoms with Crippen LogP contribution in [0, 0.1) is 0 Å². The van der Waals surface area contributed by atoms with E-state index < -0.39 is 24.9 Å². The average molecular weight is 426 g/mol. The molecule has 2 aromatic carbocycles. The number of para-hydroxylation sites is 2. The second-order valence-electron chi connectivity index (χ2n) is 6.76. The summed E-state index contributed by atoms with van der Waals surface area (Å²) >= 11 is 0. The van der Waals surface area contributed by atoms with Crippen LogP contribution >= 0.6 is 0 Å². The van der Waals surface area contributed by atoms with Gasteiger partial charge in [-0.05, 0) is 51.0 Å². The van der Waals surface area contributed by atoms with Gasteiger partial charge in [-0.2, -0.15) is 0 Å². The molecular formula is C24H26O7. The highest BCUT2D eigenvalue weighted by Crippen LogP contribution is 2.26. The van der Waals surface area contributed by atoms with Crippen LogP contribution in [-0.2, 0) is 14.2 Å². The van der Waals surface area contributed by atoms with Crippen LogP contribution in [-0.4, -0.2) is 24.9 Å². The van der Waals surface area contributed by atoms with Crippen molar-refractivity contribution >= 4 is 23.5 Å². The third kappa shape index (κ3) is 7.31. The summed E-state index contributed by atoms with van der Waals surface area (Å²) in [6, 6.07) is 13.9. The Morgan fingerprint density at radius 1 is 0.710 bits per heavy atom. The molecule has 0 spiro atoms. The highest BCUT2D eigenvalue weighted by molar-refractivity contribution is 5.72. The van der Waals surface area contributed by atoms with Crippen molar-refractivity contribution in [1.29, 1.82) is 0 Å². The number of hydrogen-bond acceptors (Lipinski definition) is 7. The maximum atomic E-state index is 12.0. The van der Waals surface area contributed by atoms with Crippen molar-refractivity contribution in [2.75, 3.05) is 0 Å². The van der Waals surface area contributed by atoms with E-state index in [1.165, 1.54) is 13.8 Å². The maximum Gasteiger partial charge on any atom is 0.516 e. The average Bonchev–Trinajstić information content (AvgIpc) is 2.67. The van der Waals surface area contributed by atoms with E-state index >= 15 is 0 Å². The molecule has 7 nitrogen and oxygen atoms in total. The van der Waals surface area contributed by atoms with Gasteiger partial charge in [0.25, 0.3) is 0 Å². The topological polar surface area (TPSA) is 80.3 Å². The van der Waals surface area contributed by atoms with Crippen LogP contribution in [0.25, 0.3) is 11.1 Å². The third-order valence-electron chi connectivity index (χ3n) is 3.99. The second kappa shape index (κ2) is 11.0. The lowest BCUT2D eigenvalue weighted by molar-refractivity contribution is -0.198. The van der Waals surface area contributed by atoms with Crippen molar-refractivity contribution in [1.82, 2.24) is 0 Å². The van der Waals surface area contributed by atoms with Crippen LogP contribution in [0.1, 0.15) is 38.8 Å². The fraction of sp³-hybridized carbons (Fsp3) is 0.250. The standard InChI is InChI=1S/C24H26O7/c1-15(2)19-11-7-9-13-21(19)30-23(25)28-17(5)27-18(6)29-24(26)31-22-14-10-8-12-20(22)16(3)4/h7-14,17-18H,1,3H2,2,4-6H3. The van der Waals surface area contributed by atoms with Crippen LogP contribution in [0.5, 0.6) is 11.5 Å². The van der Waals surface area contributed by atoms with Gasteiger partial charge in [0.15, 0.2) is 0 Å². The summed E-state index contributed by atoms with van der Waals surface area (Å²) < 4.78 is 25.9. The molecule has 0 aliphatic rings. The van der Waals surface area contributed by atoms with E-state index in [2.05, 4.69) is 13.2 Å². The van der Waals surface area contributed by atoms with E-state index in [0.717, 1.165) is 11.1 Å². The van der Waals surface area contributed by atoms with Gasteiger partial charge >= 0.3 is 12.3 Å². The van der Waals surface area contributed by atoms with Gasteiger partial charge in [0.1, 0.15) is 11.5 Å². The molecule has 0 saturated heterocycles. The van der Waals surface area contributed by atoms with Gasteiger partial charge in [0.05, 0.1) is 0 Å². The Labute approximate surface area is 181 Å². The highest BCUT2D eigenvalue weighted by Gasteiger charge is 2.20. The van der Waals surface area contributed by atoms with Gasteiger partial charge in [-0.1, -0.05) is 49.6 Å². The summed E-state index contributed by atoms with van der Waals surface area (Å²) in [5.74, 6) is 0.632. The third-order valence-corrected chi connectivity index (χ3v) is 3.99. The first-order valence-corrected chi connectivity index (χ1v) is 9.59. The number of allylic oxidation sites excluding steroid dienone is 2. The Morgan fingerprint density at radius 2 is 1.06 bits per heavy atom. The summed E-state index contributed by atoms with van der Waals surface area (Å²) in [6.45, 7) is 14.2. The highest BCUT2D eigenvalue weighted by atomic mass is 16.8. The number of hydrogen-bond donors (Lipinski definition) is 0. The minimum Gasteiger partial charge on any atom is -0.404 e. The van der Waals surface area contributed by atoms with Gasteiger partial charge in [-0.15, -0.1) is 0 Å². The van der Waals surface area contributed by atoms with E-state index in [1.54, 1.807) is 62.4 Å². The number of ether oxygens (including phenoxy) is 5. The lowest BCUT2D eigenvalue weighted by Crippen LogP contribution is -2.28. The Morgan fingerprint density at radius 3 is 1.42 bits per heavy atom. The Balaban J connectivity index is 1.85. The fourth-order valence-electron chi connectivity index (χ4n) is 2.64. The van der Waals surface area contributed by atoms with Crippen molar-refractivity contribution in [3.63, 3.8) is 0 Å². The molecular weight excluding hydrogens is 400 g/mol. The van der Waals surface area contributed by atoms with Crippen LogP contribution in [0.3, 0.4) is 0 Å². The van der Waals surface area contributed by atoms with E-state index in [1.807, 2.05) is 0 Å². The molecule has 0 heterocycles. The molecule has 2 unspecified atom stereocenters. The summed E-state index contributed by atoms with van der Waals surface area (Å²) in [7, 11) is 0.